The number of hydroxylamine groups is 1. The highest BCUT2D eigenvalue weighted by molar-refractivity contribution is 7.59. The second-order valence-corrected chi connectivity index (χ2v) is 5.66. The molecule has 6 nitrogen and oxygen atoms in total. The molecule has 2 aliphatic rings. The van der Waals surface area contributed by atoms with Gasteiger partial charge in [-0.05, 0) is 31.9 Å². The van der Waals surface area contributed by atoms with Crippen LogP contribution >= 0.6 is 13.5 Å². The van der Waals surface area contributed by atoms with Crippen LogP contribution in [0.5, 0.6) is 5.75 Å². The Morgan fingerprint density at radius 2 is 2.09 bits per heavy atom. The molecule has 3 rings (SSSR count). The van der Waals surface area contributed by atoms with Crippen molar-refractivity contribution >= 4 is 25.3 Å². The van der Waals surface area contributed by atoms with Crippen molar-refractivity contribution in [3.8, 4) is 5.75 Å². The van der Waals surface area contributed by atoms with Gasteiger partial charge in [-0.2, -0.15) is 13.5 Å². The Hall–Kier alpha value is -1.73. The summed E-state index contributed by atoms with van der Waals surface area (Å²) in [6.45, 7) is 2.86. The van der Waals surface area contributed by atoms with Gasteiger partial charge in [-0.1, -0.05) is 6.07 Å². The van der Waals surface area contributed by atoms with E-state index in [0.717, 1.165) is 18.4 Å². The standard InChI is InChI=1S/C15H18N2O4.H2S/c1-9-8-21-13-6-11(14(18)16-20)4-5-12(13)7-17(9)15(19)10-2-3-10;/h4-6,9-10,20H,2-3,7-8H2,1H3,(H,16,18);1H2/t9-;/m0./s1. The van der Waals surface area contributed by atoms with E-state index in [0.29, 0.717) is 24.5 Å². The maximum absolute atomic E-state index is 12.3. The second-order valence-electron chi connectivity index (χ2n) is 5.66. The lowest BCUT2D eigenvalue weighted by Crippen LogP contribution is -2.40. The fourth-order valence-corrected chi connectivity index (χ4v) is 2.52. The van der Waals surface area contributed by atoms with Crippen molar-refractivity contribution in [3.05, 3.63) is 29.3 Å². The van der Waals surface area contributed by atoms with Gasteiger partial charge in [0.1, 0.15) is 12.4 Å². The Balaban J connectivity index is 0.00000176. The van der Waals surface area contributed by atoms with Crippen molar-refractivity contribution in [2.75, 3.05) is 6.61 Å². The zero-order chi connectivity index (χ0) is 15.0. The van der Waals surface area contributed by atoms with Crippen LogP contribution in [-0.4, -0.2) is 34.6 Å². The second kappa shape index (κ2) is 6.58. The summed E-state index contributed by atoms with van der Waals surface area (Å²) in [5.74, 6) is 0.378. The average molecular weight is 324 g/mol. The number of ether oxygens (including phenoxy) is 1. The van der Waals surface area contributed by atoms with Gasteiger partial charge in [-0.3, -0.25) is 14.8 Å². The summed E-state index contributed by atoms with van der Waals surface area (Å²) in [4.78, 5) is 25.6. The normalized spacial score (nSPS) is 20.1. The predicted octanol–water partition coefficient (Wildman–Crippen LogP) is 1.44. The van der Waals surface area contributed by atoms with E-state index in [1.165, 1.54) is 0 Å². The van der Waals surface area contributed by atoms with E-state index in [9.17, 15) is 9.59 Å². The molecule has 2 N–H and O–H groups in total. The zero-order valence-corrected chi connectivity index (χ0v) is 13.3. The van der Waals surface area contributed by atoms with E-state index in [4.69, 9.17) is 9.94 Å². The summed E-state index contributed by atoms with van der Waals surface area (Å²) >= 11 is 0. The van der Waals surface area contributed by atoms with Gasteiger partial charge in [-0.15, -0.1) is 0 Å². The van der Waals surface area contributed by atoms with E-state index in [-0.39, 0.29) is 31.4 Å². The van der Waals surface area contributed by atoms with Crippen molar-refractivity contribution in [1.82, 2.24) is 10.4 Å². The molecule has 0 unspecified atom stereocenters. The molecule has 0 bridgehead atoms. The van der Waals surface area contributed by atoms with Gasteiger partial charge >= 0.3 is 0 Å². The Labute approximate surface area is 135 Å². The zero-order valence-electron chi connectivity index (χ0n) is 12.3. The monoisotopic (exact) mass is 324 g/mol. The van der Waals surface area contributed by atoms with Crippen molar-refractivity contribution in [3.63, 3.8) is 0 Å². The molecule has 0 radical (unpaired) electrons. The summed E-state index contributed by atoms with van der Waals surface area (Å²) < 4.78 is 5.72. The molecule has 1 atom stereocenters. The van der Waals surface area contributed by atoms with Crippen LogP contribution in [0.25, 0.3) is 0 Å². The maximum atomic E-state index is 12.3. The van der Waals surface area contributed by atoms with E-state index < -0.39 is 5.91 Å². The molecular weight excluding hydrogens is 304 g/mol. The van der Waals surface area contributed by atoms with Crippen LogP contribution < -0.4 is 10.2 Å². The molecule has 7 heteroatoms. The first-order valence-electron chi connectivity index (χ1n) is 7.11. The van der Waals surface area contributed by atoms with Crippen molar-refractivity contribution in [2.45, 2.75) is 32.4 Å². The van der Waals surface area contributed by atoms with Gasteiger partial charge in [0.15, 0.2) is 0 Å². The predicted molar refractivity (Wildman–Crippen MR) is 84.3 cm³/mol. The van der Waals surface area contributed by atoms with Crippen LogP contribution in [0.3, 0.4) is 0 Å². The molecule has 2 amide bonds. The molecule has 0 spiro atoms. The fraction of sp³-hybridized carbons (Fsp3) is 0.467. The minimum Gasteiger partial charge on any atom is -0.491 e. The molecule has 1 heterocycles. The summed E-state index contributed by atoms with van der Waals surface area (Å²) in [5.41, 5.74) is 2.81. The number of carbonyl (C=O) groups excluding carboxylic acids is 2. The van der Waals surface area contributed by atoms with Crippen LogP contribution in [0.1, 0.15) is 35.7 Å². The third-order valence-corrected chi connectivity index (χ3v) is 3.99. The molecule has 0 saturated heterocycles. The van der Waals surface area contributed by atoms with Crippen LogP contribution in [0.2, 0.25) is 0 Å². The first kappa shape index (κ1) is 16.6. The van der Waals surface area contributed by atoms with E-state index in [1.807, 2.05) is 11.8 Å². The molecule has 1 saturated carbocycles. The minimum atomic E-state index is -0.579. The Kier molecular flexibility index (Phi) is 4.97. The van der Waals surface area contributed by atoms with E-state index >= 15 is 0 Å². The summed E-state index contributed by atoms with van der Waals surface area (Å²) in [5, 5.41) is 8.68. The van der Waals surface area contributed by atoms with Crippen molar-refractivity contribution < 1.29 is 19.5 Å². The number of nitrogens with one attached hydrogen (secondary N) is 1. The van der Waals surface area contributed by atoms with Gasteiger partial charge in [0.05, 0.1) is 6.04 Å². The molecule has 22 heavy (non-hydrogen) atoms. The first-order chi connectivity index (χ1) is 10.1. The number of amides is 2. The SMILES string of the molecule is C[C@H]1COc2cc(C(=O)NO)ccc2CN1C(=O)C1CC1.S. The largest absolute Gasteiger partial charge is 0.491 e. The number of fused-ring (bicyclic) bond motifs is 1. The number of benzene rings is 1. The highest BCUT2D eigenvalue weighted by Gasteiger charge is 2.36. The average Bonchev–Trinajstić information content (AvgIpc) is 3.33. The van der Waals surface area contributed by atoms with Gasteiger partial charge < -0.3 is 9.64 Å². The fourth-order valence-electron chi connectivity index (χ4n) is 2.52. The van der Waals surface area contributed by atoms with Gasteiger partial charge in [0.25, 0.3) is 5.91 Å². The van der Waals surface area contributed by atoms with Crippen molar-refractivity contribution in [1.29, 1.82) is 0 Å². The van der Waals surface area contributed by atoms with Crippen LogP contribution in [-0.2, 0) is 11.3 Å². The maximum Gasteiger partial charge on any atom is 0.274 e. The molecule has 120 valence electrons. The third-order valence-electron chi connectivity index (χ3n) is 3.99. The Morgan fingerprint density at radius 3 is 2.73 bits per heavy atom. The topological polar surface area (TPSA) is 78.9 Å². The lowest BCUT2D eigenvalue weighted by Gasteiger charge is -2.26. The van der Waals surface area contributed by atoms with E-state index in [2.05, 4.69) is 0 Å². The number of hydrogen-bond acceptors (Lipinski definition) is 4. The summed E-state index contributed by atoms with van der Waals surface area (Å²) in [6.07, 6.45) is 1.96. The molecular formula is C15H20N2O4S. The third kappa shape index (κ3) is 3.20. The number of carbonyl (C=O) groups is 2. The molecule has 1 aliphatic heterocycles. The Bertz CT molecular complexity index is 589. The number of rotatable bonds is 2. The Morgan fingerprint density at radius 1 is 1.36 bits per heavy atom. The first-order valence-corrected chi connectivity index (χ1v) is 7.11. The highest BCUT2D eigenvalue weighted by atomic mass is 32.1. The van der Waals surface area contributed by atoms with Crippen LogP contribution in [0, 0.1) is 5.92 Å². The van der Waals surface area contributed by atoms with Gasteiger partial charge in [0, 0.05) is 23.6 Å². The van der Waals surface area contributed by atoms with E-state index in [1.54, 1.807) is 23.7 Å². The van der Waals surface area contributed by atoms with Gasteiger partial charge in [-0.25, -0.2) is 5.48 Å². The molecule has 1 fully saturated rings. The van der Waals surface area contributed by atoms with Crippen molar-refractivity contribution in [2.24, 2.45) is 5.92 Å². The minimum absolute atomic E-state index is 0. The molecule has 1 aromatic rings. The number of nitrogens with zero attached hydrogens (tertiary/aromatic N) is 1. The molecule has 1 aliphatic carbocycles. The molecule has 1 aromatic carbocycles. The quantitative estimate of drug-likeness (QED) is 0.637. The lowest BCUT2D eigenvalue weighted by molar-refractivity contribution is -0.135. The lowest BCUT2D eigenvalue weighted by atomic mass is 10.1. The van der Waals surface area contributed by atoms with Crippen LogP contribution in [0.15, 0.2) is 18.2 Å². The number of hydrogen-bond donors (Lipinski definition) is 2. The molecule has 0 aromatic heterocycles. The summed E-state index contributed by atoms with van der Waals surface area (Å²) in [6, 6.07) is 4.98. The van der Waals surface area contributed by atoms with Gasteiger partial charge in [0.2, 0.25) is 5.91 Å². The highest BCUT2D eigenvalue weighted by Crippen LogP contribution is 2.34. The van der Waals surface area contributed by atoms with Crippen LogP contribution in [0.4, 0.5) is 0 Å². The summed E-state index contributed by atoms with van der Waals surface area (Å²) in [7, 11) is 0. The smallest absolute Gasteiger partial charge is 0.274 e.